The van der Waals surface area contributed by atoms with Crippen LogP contribution in [0.1, 0.15) is 10.4 Å². The van der Waals surface area contributed by atoms with E-state index >= 15 is 0 Å². The van der Waals surface area contributed by atoms with Crippen LogP contribution in [0.25, 0.3) is 0 Å². The first-order valence-corrected chi connectivity index (χ1v) is 9.61. The fourth-order valence-corrected chi connectivity index (χ4v) is 4.02. The first-order chi connectivity index (χ1) is 10.8. The zero-order valence-corrected chi connectivity index (χ0v) is 14.3. The molecule has 2 aliphatic heterocycles. The fourth-order valence-electron chi connectivity index (χ4n) is 3.35. The lowest BCUT2D eigenvalue weighted by Crippen LogP contribution is -2.46. The average Bonchev–Trinajstić information content (AvgIpc) is 2.76. The van der Waals surface area contributed by atoms with Crippen LogP contribution in [0.15, 0.2) is 29.2 Å². The second-order valence-electron chi connectivity index (χ2n) is 6.54. The van der Waals surface area contributed by atoms with Gasteiger partial charge in [-0.2, -0.15) is 0 Å². The third kappa shape index (κ3) is 3.57. The number of rotatable bonds is 2. The Bertz CT molecular complexity index is 704. The molecule has 0 spiro atoms. The van der Waals surface area contributed by atoms with Gasteiger partial charge in [-0.25, -0.2) is 8.42 Å². The Kier molecular flexibility index (Phi) is 4.44. The summed E-state index contributed by atoms with van der Waals surface area (Å²) in [6.07, 6.45) is 1.15. The average molecular weight is 338 g/mol. The van der Waals surface area contributed by atoms with E-state index in [4.69, 9.17) is 4.74 Å². The summed E-state index contributed by atoms with van der Waals surface area (Å²) in [6, 6.07) is 6.29. The van der Waals surface area contributed by atoms with Crippen molar-refractivity contribution < 1.29 is 17.9 Å². The summed E-state index contributed by atoms with van der Waals surface area (Å²) in [5, 5.41) is 0. The highest BCUT2D eigenvalue weighted by Gasteiger charge is 2.35. The highest BCUT2D eigenvalue weighted by Crippen LogP contribution is 2.22. The number of carbonyl (C=O) groups is 1. The second-order valence-corrected chi connectivity index (χ2v) is 8.55. The highest BCUT2D eigenvalue weighted by atomic mass is 32.2. The van der Waals surface area contributed by atoms with E-state index in [9.17, 15) is 13.2 Å². The zero-order valence-electron chi connectivity index (χ0n) is 13.4. The van der Waals surface area contributed by atoms with Gasteiger partial charge in [0.25, 0.3) is 5.91 Å². The van der Waals surface area contributed by atoms with Crippen LogP contribution < -0.4 is 0 Å². The maximum atomic E-state index is 12.9. The third-order valence-corrected chi connectivity index (χ3v) is 5.53. The predicted octanol–water partition coefficient (Wildman–Crippen LogP) is 0.493. The fraction of sp³-hybridized carbons (Fsp3) is 0.562. The molecule has 2 bridgehead atoms. The topological polar surface area (TPSA) is 66.9 Å². The molecule has 126 valence electrons. The molecule has 23 heavy (non-hydrogen) atoms. The van der Waals surface area contributed by atoms with Gasteiger partial charge in [0, 0.05) is 37.4 Å². The van der Waals surface area contributed by atoms with Crippen LogP contribution in [0.2, 0.25) is 0 Å². The summed E-state index contributed by atoms with van der Waals surface area (Å²) >= 11 is 0. The first-order valence-electron chi connectivity index (χ1n) is 7.72. The molecule has 6 nitrogen and oxygen atoms in total. The number of carbonyl (C=O) groups excluding carboxylic acids is 1. The smallest absolute Gasteiger partial charge is 0.254 e. The zero-order chi connectivity index (χ0) is 16.6. The molecule has 0 saturated carbocycles. The van der Waals surface area contributed by atoms with Crippen LogP contribution >= 0.6 is 0 Å². The van der Waals surface area contributed by atoms with Crippen molar-refractivity contribution in [2.45, 2.75) is 10.9 Å². The highest BCUT2D eigenvalue weighted by molar-refractivity contribution is 7.90. The Balaban J connectivity index is 1.90. The van der Waals surface area contributed by atoms with Crippen molar-refractivity contribution in [1.82, 2.24) is 9.80 Å². The summed E-state index contributed by atoms with van der Waals surface area (Å²) < 4.78 is 29.1. The number of benzene rings is 1. The molecule has 7 heteroatoms. The normalized spacial score (nSPS) is 25.9. The van der Waals surface area contributed by atoms with Crippen molar-refractivity contribution in [2.24, 2.45) is 5.92 Å². The summed E-state index contributed by atoms with van der Waals surface area (Å²) in [7, 11) is -1.27. The Hall–Kier alpha value is -1.44. The molecule has 2 heterocycles. The predicted molar refractivity (Wildman–Crippen MR) is 86.2 cm³/mol. The van der Waals surface area contributed by atoms with Gasteiger partial charge in [-0.05, 0) is 25.2 Å². The molecular weight excluding hydrogens is 316 g/mol. The monoisotopic (exact) mass is 338 g/mol. The van der Waals surface area contributed by atoms with E-state index in [0.29, 0.717) is 25.3 Å². The quantitative estimate of drug-likeness (QED) is 0.785. The number of amides is 1. The minimum atomic E-state index is -3.33. The molecule has 1 aromatic carbocycles. The van der Waals surface area contributed by atoms with Crippen LogP contribution in [0.4, 0.5) is 0 Å². The summed E-state index contributed by atoms with van der Waals surface area (Å²) in [6.45, 7) is 3.51. The number of hydrogen-bond donors (Lipinski definition) is 0. The van der Waals surface area contributed by atoms with Gasteiger partial charge in [-0.3, -0.25) is 4.79 Å². The minimum absolute atomic E-state index is 0.00175. The Labute approximate surface area is 136 Å². The van der Waals surface area contributed by atoms with Gasteiger partial charge in [0.2, 0.25) is 0 Å². The maximum Gasteiger partial charge on any atom is 0.254 e. The molecule has 1 aromatic rings. The van der Waals surface area contributed by atoms with Crippen LogP contribution in [-0.2, 0) is 14.6 Å². The van der Waals surface area contributed by atoms with Crippen LogP contribution in [0.3, 0.4) is 0 Å². The van der Waals surface area contributed by atoms with Crippen molar-refractivity contribution in [3.8, 4) is 0 Å². The lowest BCUT2D eigenvalue weighted by atomic mass is 10.1. The van der Waals surface area contributed by atoms with E-state index in [0.717, 1.165) is 19.3 Å². The van der Waals surface area contributed by atoms with E-state index in [1.165, 1.54) is 12.1 Å². The van der Waals surface area contributed by atoms with Gasteiger partial charge in [-0.1, -0.05) is 6.07 Å². The van der Waals surface area contributed by atoms with Crippen molar-refractivity contribution in [3.05, 3.63) is 29.8 Å². The number of likely N-dealkylation sites (N-methyl/N-ethyl adjacent to an activating group) is 1. The molecule has 3 rings (SSSR count). The van der Waals surface area contributed by atoms with E-state index in [1.54, 1.807) is 12.1 Å². The number of ether oxygens (including phenoxy) is 1. The lowest BCUT2D eigenvalue weighted by molar-refractivity contribution is 0.0483. The molecule has 1 amide bonds. The Morgan fingerprint density at radius 1 is 1.22 bits per heavy atom. The van der Waals surface area contributed by atoms with Gasteiger partial charge < -0.3 is 14.5 Å². The molecule has 2 fully saturated rings. The van der Waals surface area contributed by atoms with Crippen molar-refractivity contribution in [2.75, 3.05) is 46.2 Å². The summed E-state index contributed by atoms with van der Waals surface area (Å²) in [5.74, 6) is 0.167. The van der Waals surface area contributed by atoms with Crippen molar-refractivity contribution in [3.63, 3.8) is 0 Å². The summed E-state index contributed by atoms with van der Waals surface area (Å²) in [5.41, 5.74) is 0.420. The van der Waals surface area contributed by atoms with E-state index in [2.05, 4.69) is 11.9 Å². The molecule has 0 unspecified atom stereocenters. The minimum Gasteiger partial charge on any atom is -0.379 e. The van der Waals surface area contributed by atoms with Gasteiger partial charge in [0.1, 0.15) is 0 Å². The third-order valence-electron chi connectivity index (χ3n) is 4.42. The summed E-state index contributed by atoms with van der Waals surface area (Å²) in [4.78, 5) is 17.2. The largest absolute Gasteiger partial charge is 0.379 e. The molecule has 2 atom stereocenters. The maximum absolute atomic E-state index is 12.9. The Morgan fingerprint density at radius 3 is 2.74 bits per heavy atom. The molecular formula is C16H22N2O4S. The van der Waals surface area contributed by atoms with Gasteiger partial charge >= 0.3 is 0 Å². The van der Waals surface area contributed by atoms with E-state index < -0.39 is 9.84 Å². The number of nitrogens with zero attached hydrogens (tertiary/aromatic N) is 2. The van der Waals surface area contributed by atoms with Crippen molar-refractivity contribution >= 4 is 15.7 Å². The van der Waals surface area contributed by atoms with Crippen LogP contribution in [-0.4, -0.2) is 76.3 Å². The number of sulfone groups is 1. The van der Waals surface area contributed by atoms with Gasteiger partial charge in [-0.15, -0.1) is 0 Å². The molecule has 2 aliphatic rings. The molecule has 0 N–H and O–H groups in total. The van der Waals surface area contributed by atoms with Crippen LogP contribution in [0.5, 0.6) is 0 Å². The van der Waals surface area contributed by atoms with Gasteiger partial charge in [0.05, 0.1) is 24.2 Å². The lowest BCUT2D eigenvalue weighted by Gasteiger charge is -2.29. The SMILES string of the molecule is CN1C[C@@H]2COC[C@H](C1)N(C(=O)c1cccc(S(C)(=O)=O)c1)C2. The molecule has 0 aromatic heterocycles. The van der Waals surface area contributed by atoms with Gasteiger partial charge in [0.15, 0.2) is 9.84 Å². The molecule has 0 aliphatic carbocycles. The molecule has 2 saturated heterocycles. The first kappa shape index (κ1) is 16.4. The van der Waals surface area contributed by atoms with Crippen molar-refractivity contribution in [1.29, 1.82) is 0 Å². The van der Waals surface area contributed by atoms with E-state index in [1.807, 2.05) is 4.90 Å². The van der Waals surface area contributed by atoms with E-state index in [-0.39, 0.29) is 22.8 Å². The Morgan fingerprint density at radius 2 is 2.00 bits per heavy atom. The number of hydrogen-bond acceptors (Lipinski definition) is 5. The second kappa shape index (κ2) is 6.22. The van der Waals surface area contributed by atoms with Crippen LogP contribution in [0, 0.1) is 5.92 Å². The molecule has 0 radical (unpaired) electrons. The number of fused-ring (bicyclic) bond motifs is 3. The standard InChI is InChI=1S/C16H22N2O4S/c1-17-7-12-8-18(14(9-17)11-22-10-12)16(19)13-4-3-5-15(6-13)23(2,20)21/h3-6,12,14H,7-11H2,1-2H3/t12-,14-/m0/s1.